The van der Waals surface area contributed by atoms with Crippen LogP contribution in [0.2, 0.25) is 5.02 Å². The molecule has 0 bridgehead atoms. The van der Waals surface area contributed by atoms with Crippen LogP contribution in [0.5, 0.6) is 0 Å². The van der Waals surface area contributed by atoms with E-state index in [1.807, 2.05) is 4.68 Å². The van der Waals surface area contributed by atoms with Crippen molar-refractivity contribution in [3.8, 4) is 0 Å². The number of aromatic nitrogens is 2. The van der Waals surface area contributed by atoms with Gasteiger partial charge in [-0.2, -0.15) is 5.10 Å². The standard InChI is InChI=1S/C13H21Cl2N3O/c1-3-11-13(15)12(18(4-2)16-11)8-17-5-6-19-9-10(17)7-14/h10H,3-9H2,1-2H3. The van der Waals surface area contributed by atoms with Crippen molar-refractivity contribution in [1.29, 1.82) is 0 Å². The molecule has 1 aliphatic rings. The molecule has 4 nitrogen and oxygen atoms in total. The number of alkyl halides is 1. The molecule has 19 heavy (non-hydrogen) atoms. The zero-order valence-corrected chi connectivity index (χ0v) is 13.0. The number of morpholine rings is 1. The van der Waals surface area contributed by atoms with Gasteiger partial charge < -0.3 is 4.74 Å². The van der Waals surface area contributed by atoms with Crippen LogP contribution in [0.1, 0.15) is 25.2 Å². The average molecular weight is 306 g/mol. The van der Waals surface area contributed by atoms with Crippen LogP contribution in [0, 0.1) is 0 Å². The van der Waals surface area contributed by atoms with Gasteiger partial charge in [0.15, 0.2) is 0 Å². The minimum Gasteiger partial charge on any atom is -0.378 e. The molecule has 0 aliphatic carbocycles. The van der Waals surface area contributed by atoms with E-state index < -0.39 is 0 Å². The van der Waals surface area contributed by atoms with Crippen molar-refractivity contribution < 1.29 is 4.74 Å². The van der Waals surface area contributed by atoms with Gasteiger partial charge in [-0.25, -0.2) is 0 Å². The summed E-state index contributed by atoms with van der Waals surface area (Å²) in [5, 5.41) is 5.37. The molecule has 0 amide bonds. The second kappa shape index (κ2) is 6.93. The predicted molar refractivity (Wildman–Crippen MR) is 78.0 cm³/mol. The first kappa shape index (κ1) is 15.1. The first-order valence-corrected chi connectivity index (χ1v) is 7.74. The molecule has 0 radical (unpaired) electrons. The summed E-state index contributed by atoms with van der Waals surface area (Å²) in [5.74, 6) is 0.582. The van der Waals surface area contributed by atoms with Crippen molar-refractivity contribution in [2.45, 2.75) is 39.4 Å². The maximum atomic E-state index is 6.44. The molecule has 0 saturated carbocycles. The van der Waals surface area contributed by atoms with Crippen molar-refractivity contribution >= 4 is 23.2 Å². The fourth-order valence-electron chi connectivity index (χ4n) is 2.40. The van der Waals surface area contributed by atoms with Crippen LogP contribution < -0.4 is 0 Å². The molecule has 1 aromatic rings. The van der Waals surface area contributed by atoms with E-state index in [-0.39, 0.29) is 6.04 Å². The van der Waals surface area contributed by atoms with E-state index in [0.29, 0.717) is 12.5 Å². The molecule has 2 rings (SSSR count). The molecule has 0 spiro atoms. The summed E-state index contributed by atoms with van der Waals surface area (Å²) in [4.78, 5) is 2.34. The number of hydrogen-bond acceptors (Lipinski definition) is 3. The van der Waals surface area contributed by atoms with Crippen molar-refractivity contribution in [2.75, 3.05) is 25.6 Å². The van der Waals surface area contributed by atoms with Gasteiger partial charge in [-0.15, -0.1) is 11.6 Å². The molecule has 108 valence electrons. The van der Waals surface area contributed by atoms with E-state index in [1.54, 1.807) is 0 Å². The third-order valence-corrected chi connectivity index (χ3v) is 4.37. The van der Waals surface area contributed by atoms with Crippen LogP contribution in [0.15, 0.2) is 0 Å². The molecular formula is C13H21Cl2N3O. The van der Waals surface area contributed by atoms with E-state index in [1.165, 1.54) is 0 Å². The number of rotatable bonds is 5. The van der Waals surface area contributed by atoms with Gasteiger partial charge in [0, 0.05) is 31.6 Å². The van der Waals surface area contributed by atoms with Gasteiger partial charge in [0.25, 0.3) is 0 Å². The second-order valence-corrected chi connectivity index (χ2v) is 5.42. The van der Waals surface area contributed by atoms with Crippen molar-refractivity contribution in [3.63, 3.8) is 0 Å². The zero-order chi connectivity index (χ0) is 13.8. The van der Waals surface area contributed by atoms with Gasteiger partial charge in [-0.05, 0) is 13.3 Å². The minimum atomic E-state index is 0.261. The monoisotopic (exact) mass is 305 g/mol. The Kier molecular flexibility index (Phi) is 5.51. The highest BCUT2D eigenvalue weighted by Crippen LogP contribution is 2.24. The highest BCUT2D eigenvalue weighted by molar-refractivity contribution is 6.31. The van der Waals surface area contributed by atoms with Gasteiger partial charge in [0.05, 0.1) is 29.6 Å². The third-order valence-electron chi connectivity index (χ3n) is 3.57. The number of aryl methyl sites for hydroxylation is 2. The zero-order valence-electron chi connectivity index (χ0n) is 11.5. The highest BCUT2D eigenvalue weighted by atomic mass is 35.5. The van der Waals surface area contributed by atoms with E-state index in [0.717, 1.165) is 49.1 Å². The van der Waals surface area contributed by atoms with Gasteiger partial charge in [-0.3, -0.25) is 9.58 Å². The van der Waals surface area contributed by atoms with Gasteiger partial charge >= 0.3 is 0 Å². The Morgan fingerprint density at radius 3 is 2.84 bits per heavy atom. The van der Waals surface area contributed by atoms with Crippen molar-refractivity contribution in [2.24, 2.45) is 0 Å². The first-order chi connectivity index (χ1) is 9.21. The lowest BCUT2D eigenvalue weighted by atomic mass is 10.2. The molecule has 1 aliphatic heterocycles. The maximum Gasteiger partial charge on any atom is 0.0863 e. The topological polar surface area (TPSA) is 30.3 Å². The molecule has 1 fully saturated rings. The summed E-state index contributed by atoms with van der Waals surface area (Å²) in [6.45, 7) is 8.14. The molecule has 0 N–H and O–H groups in total. The summed E-state index contributed by atoms with van der Waals surface area (Å²) in [6.07, 6.45) is 0.862. The van der Waals surface area contributed by atoms with Crippen molar-refractivity contribution in [3.05, 3.63) is 16.4 Å². The summed E-state index contributed by atoms with van der Waals surface area (Å²) < 4.78 is 7.47. The van der Waals surface area contributed by atoms with E-state index >= 15 is 0 Å². The smallest absolute Gasteiger partial charge is 0.0863 e. The molecule has 1 aromatic heterocycles. The number of ether oxygens (including phenoxy) is 1. The van der Waals surface area contributed by atoms with Crippen LogP contribution in [-0.2, 0) is 24.2 Å². The average Bonchev–Trinajstić information content (AvgIpc) is 2.76. The Morgan fingerprint density at radius 1 is 1.42 bits per heavy atom. The summed E-state index contributed by atoms with van der Waals surface area (Å²) in [6, 6.07) is 0.261. The van der Waals surface area contributed by atoms with Crippen LogP contribution in [0.4, 0.5) is 0 Å². The molecular weight excluding hydrogens is 285 g/mol. The fraction of sp³-hybridized carbons (Fsp3) is 0.769. The van der Waals surface area contributed by atoms with E-state index in [9.17, 15) is 0 Å². The Labute approximate surface area is 124 Å². The van der Waals surface area contributed by atoms with Crippen LogP contribution in [0.3, 0.4) is 0 Å². The number of hydrogen-bond donors (Lipinski definition) is 0. The largest absolute Gasteiger partial charge is 0.378 e. The number of halogens is 2. The third kappa shape index (κ3) is 3.24. The minimum absolute atomic E-state index is 0.261. The lowest BCUT2D eigenvalue weighted by Gasteiger charge is -2.34. The number of nitrogens with zero attached hydrogens (tertiary/aromatic N) is 3. The Morgan fingerprint density at radius 2 is 2.21 bits per heavy atom. The van der Waals surface area contributed by atoms with Crippen LogP contribution in [-0.4, -0.2) is 46.4 Å². The van der Waals surface area contributed by atoms with Gasteiger partial charge in [-0.1, -0.05) is 18.5 Å². The summed E-state index contributed by atoms with van der Waals surface area (Å²) in [7, 11) is 0. The van der Waals surface area contributed by atoms with E-state index in [4.69, 9.17) is 27.9 Å². The Hall–Kier alpha value is -0.290. The van der Waals surface area contributed by atoms with Crippen molar-refractivity contribution in [1.82, 2.24) is 14.7 Å². The normalized spacial score (nSPS) is 20.9. The molecule has 1 atom stereocenters. The lowest BCUT2D eigenvalue weighted by molar-refractivity contribution is -0.00413. The van der Waals surface area contributed by atoms with Crippen LogP contribution >= 0.6 is 23.2 Å². The fourth-order valence-corrected chi connectivity index (χ4v) is 3.01. The van der Waals surface area contributed by atoms with Gasteiger partial charge in [0.2, 0.25) is 0 Å². The molecule has 0 aromatic carbocycles. The summed E-state index contributed by atoms with van der Waals surface area (Å²) in [5.41, 5.74) is 2.08. The van der Waals surface area contributed by atoms with E-state index in [2.05, 4.69) is 23.8 Å². The molecule has 2 heterocycles. The quantitative estimate of drug-likeness (QED) is 0.783. The molecule has 1 saturated heterocycles. The summed E-state index contributed by atoms with van der Waals surface area (Å²) >= 11 is 12.5. The first-order valence-electron chi connectivity index (χ1n) is 6.83. The molecule has 6 heteroatoms. The Bertz CT molecular complexity index is 422. The lowest BCUT2D eigenvalue weighted by Crippen LogP contribution is -2.46. The Balaban J connectivity index is 2.19. The van der Waals surface area contributed by atoms with Gasteiger partial charge in [0.1, 0.15) is 0 Å². The molecule has 1 unspecified atom stereocenters. The highest BCUT2D eigenvalue weighted by Gasteiger charge is 2.25. The predicted octanol–water partition coefficient (Wildman–Crippen LogP) is 2.56. The second-order valence-electron chi connectivity index (χ2n) is 4.73. The SMILES string of the molecule is CCc1nn(CC)c(CN2CCOCC2CCl)c1Cl. The maximum absolute atomic E-state index is 6.44. The van der Waals surface area contributed by atoms with Crippen LogP contribution in [0.25, 0.3) is 0 Å².